The van der Waals surface area contributed by atoms with Crippen molar-refractivity contribution >= 4 is 49.7 Å². The molecule has 4 nitrogen and oxygen atoms in total. The van der Waals surface area contributed by atoms with Crippen LogP contribution in [0.15, 0.2) is 14.1 Å². The molecule has 1 fully saturated rings. The SMILES string of the molecule is Cc1cc(S(=O)(=O)NCCC2CCCNC2)sc1Br.Cl. The van der Waals surface area contributed by atoms with Gasteiger partial charge in [-0.1, -0.05) is 0 Å². The van der Waals surface area contributed by atoms with E-state index in [1.807, 2.05) is 6.92 Å². The molecule has 20 heavy (non-hydrogen) atoms. The Morgan fingerprint density at radius 3 is 2.85 bits per heavy atom. The molecule has 0 bridgehead atoms. The van der Waals surface area contributed by atoms with Gasteiger partial charge in [-0.2, -0.15) is 0 Å². The molecule has 1 aromatic rings. The van der Waals surface area contributed by atoms with Crippen LogP contribution < -0.4 is 10.0 Å². The number of sulfonamides is 1. The first-order valence-corrected chi connectivity index (χ1v) is 9.54. The average molecular weight is 404 g/mol. The summed E-state index contributed by atoms with van der Waals surface area (Å²) in [5.74, 6) is 0.591. The minimum absolute atomic E-state index is 0. The summed E-state index contributed by atoms with van der Waals surface area (Å²) in [5, 5.41) is 3.34. The molecule has 1 saturated heterocycles. The number of piperidine rings is 1. The predicted octanol–water partition coefficient (Wildman–Crippen LogP) is 2.91. The molecule has 0 aromatic carbocycles. The highest BCUT2D eigenvalue weighted by molar-refractivity contribution is 9.11. The standard InChI is InChI=1S/C12H19BrN2O2S2.ClH/c1-9-7-11(18-12(9)13)19(16,17)15-6-4-10-3-2-5-14-8-10;/h7,10,14-15H,2-6,8H2,1H3;1H. The lowest BCUT2D eigenvalue weighted by Gasteiger charge is -2.22. The van der Waals surface area contributed by atoms with E-state index in [0.29, 0.717) is 16.7 Å². The molecule has 1 aliphatic heterocycles. The molecule has 1 aromatic heterocycles. The van der Waals surface area contributed by atoms with Gasteiger partial charge >= 0.3 is 0 Å². The van der Waals surface area contributed by atoms with Gasteiger partial charge in [-0.05, 0) is 72.8 Å². The summed E-state index contributed by atoms with van der Waals surface area (Å²) in [5.41, 5.74) is 0.960. The summed E-state index contributed by atoms with van der Waals surface area (Å²) < 4.78 is 28.2. The van der Waals surface area contributed by atoms with Crippen LogP contribution in [0.2, 0.25) is 0 Å². The van der Waals surface area contributed by atoms with Crippen LogP contribution >= 0.6 is 39.7 Å². The van der Waals surface area contributed by atoms with E-state index in [-0.39, 0.29) is 12.4 Å². The van der Waals surface area contributed by atoms with Gasteiger partial charge < -0.3 is 5.32 Å². The number of halogens is 2. The van der Waals surface area contributed by atoms with Gasteiger partial charge in [-0.15, -0.1) is 23.7 Å². The zero-order valence-electron chi connectivity index (χ0n) is 11.3. The first-order chi connectivity index (χ1) is 8.99. The van der Waals surface area contributed by atoms with Gasteiger partial charge in [0.15, 0.2) is 0 Å². The third-order valence-corrected chi connectivity index (χ3v) is 7.41. The third kappa shape index (κ3) is 4.96. The van der Waals surface area contributed by atoms with E-state index >= 15 is 0 Å². The van der Waals surface area contributed by atoms with Crippen molar-refractivity contribution in [1.82, 2.24) is 10.0 Å². The topological polar surface area (TPSA) is 58.2 Å². The van der Waals surface area contributed by atoms with Crippen LogP contribution in [0.1, 0.15) is 24.8 Å². The van der Waals surface area contributed by atoms with Crippen molar-refractivity contribution in [3.63, 3.8) is 0 Å². The molecular weight excluding hydrogens is 384 g/mol. The molecule has 8 heteroatoms. The zero-order valence-corrected chi connectivity index (χ0v) is 15.4. The third-order valence-electron chi connectivity index (χ3n) is 3.34. The molecule has 1 aliphatic rings. The Labute approximate surface area is 139 Å². The van der Waals surface area contributed by atoms with E-state index < -0.39 is 10.0 Å². The van der Waals surface area contributed by atoms with Gasteiger partial charge in [0.1, 0.15) is 4.21 Å². The largest absolute Gasteiger partial charge is 0.316 e. The number of thiophene rings is 1. The fraction of sp³-hybridized carbons (Fsp3) is 0.667. The normalized spacial score (nSPS) is 19.6. The maximum absolute atomic E-state index is 12.1. The van der Waals surface area contributed by atoms with E-state index in [1.165, 1.54) is 24.2 Å². The van der Waals surface area contributed by atoms with Crippen LogP contribution in [0.5, 0.6) is 0 Å². The molecule has 0 amide bonds. The molecule has 116 valence electrons. The van der Waals surface area contributed by atoms with Crippen molar-refractivity contribution in [2.24, 2.45) is 5.92 Å². The highest BCUT2D eigenvalue weighted by Gasteiger charge is 2.19. The summed E-state index contributed by atoms with van der Waals surface area (Å²) in [4.78, 5) is 0. The second kappa shape index (κ2) is 8.10. The van der Waals surface area contributed by atoms with Crippen molar-refractivity contribution in [3.8, 4) is 0 Å². The van der Waals surface area contributed by atoms with Gasteiger partial charge in [-0.25, -0.2) is 13.1 Å². The summed E-state index contributed by atoms with van der Waals surface area (Å²) in [6.07, 6.45) is 3.28. The van der Waals surface area contributed by atoms with Crippen LogP contribution in [-0.2, 0) is 10.0 Å². The molecule has 2 N–H and O–H groups in total. The molecule has 0 aliphatic carbocycles. The number of aryl methyl sites for hydroxylation is 1. The maximum Gasteiger partial charge on any atom is 0.250 e. The first-order valence-electron chi connectivity index (χ1n) is 6.45. The van der Waals surface area contributed by atoms with Crippen molar-refractivity contribution in [1.29, 1.82) is 0 Å². The average Bonchev–Trinajstić information content (AvgIpc) is 2.72. The van der Waals surface area contributed by atoms with Crippen LogP contribution in [0.25, 0.3) is 0 Å². The van der Waals surface area contributed by atoms with Crippen LogP contribution in [0.4, 0.5) is 0 Å². The number of hydrogen-bond donors (Lipinski definition) is 2. The summed E-state index contributed by atoms with van der Waals surface area (Å²) >= 11 is 4.62. The Bertz CT molecular complexity index is 508. The van der Waals surface area contributed by atoms with Crippen LogP contribution in [-0.4, -0.2) is 28.1 Å². The Morgan fingerprint density at radius 1 is 1.55 bits per heavy atom. The molecular formula is C12H20BrClN2O2S2. The maximum atomic E-state index is 12.1. The fourth-order valence-corrected chi connectivity index (χ4v) is 5.52. The van der Waals surface area contributed by atoms with Crippen molar-refractivity contribution in [2.75, 3.05) is 19.6 Å². The van der Waals surface area contributed by atoms with Crippen LogP contribution in [0.3, 0.4) is 0 Å². The molecule has 0 radical (unpaired) electrons. The zero-order chi connectivity index (χ0) is 13.9. The Morgan fingerprint density at radius 2 is 2.30 bits per heavy atom. The Kier molecular flexibility index (Phi) is 7.45. The first kappa shape index (κ1) is 18.4. The number of rotatable bonds is 5. The van der Waals surface area contributed by atoms with E-state index in [0.717, 1.165) is 28.9 Å². The van der Waals surface area contributed by atoms with E-state index in [4.69, 9.17) is 0 Å². The summed E-state index contributed by atoms with van der Waals surface area (Å²) in [7, 11) is -3.34. The lowest BCUT2D eigenvalue weighted by atomic mass is 9.96. The summed E-state index contributed by atoms with van der Waals surface area (Å²) in [6.45, 7) is 4.51. The van der Waals surface area contributed by atoms with Gasteiger partial charge in [0.25, 0.3) is 0 Å². The molecule has 2 heterocycles. The number of hydrogen-bond acceptors (Lipinski definition) is 4. The monoisotopic (exact) mass is 402 g/mol. The minimum Gasteiger partial charge on any atom is -0.316 e. The molecule has 0 saturated carbocycles. The predicted molar refractivity (Wildman–Crippen MR) is 89.4 cm³/mol. The molecule has 1 atom stereocenters. The smallest absolute Gasteiger partial charge is 0.250 e. The van der Waals surface area contributed by atoms with Crippen LogP contribution in [0, 0.1) is 12.8 Å². The van der Waals surface area contributed by atoms with Gasteiger partial charge in [0, 0.05) is 6.54 Å². The van der Waals surface area contributed by atoms with Gasteiger partial charge in [0.2, 0.25) is 10.0 Å². The van der Waals surface area contributed by atoms with E-state index in [2.05, 4.69) is 26.0 Å². The fourth-order valence-electron chi connectivity index (χ4n) is 2.20. The quantitative estimate of drug-likeness (QED) is 0.795. The van der Waals surface area contributed by atoms with Gasteiger partial charge in [0.05, 0.1) is 3.79 Å². The molecule has 0 spiro atoms. The lowest BCUT2D eigenvalue weighted by molar-refractivity contribution is 0.358. The second-order valence-electron chi connectivity index (χ2n) is 4.92. The Hall–Kier alpha value is 0.340. The minimum atomic E-state index is -3.34. The van der Waals surface area contributed by atoms with Crippen molar-refractivity contribution in [2.45, 2.75) is 30.4 Å². The van der Waals surface area contributed by atoms with E-state index in [9.17, 15) is 8.42 Å². The molecule has 2 rings (SSSR count). The van der Waals surface area contributed by atoms with Gasteiger partial charge in [-0.3, -0.25) is 0 Å². The second-order valence-corrected chi connectivity index (χ2v) is 9.28. The number of nitrogens with one attached hydrogen (secondary N) is 2. The highest BCUT2D eigenvalue weighted by atomic mass is 79.9. The lowest BCUT2D eigenvalue weighted by Crippen LogP contribution is -2.33. The summed E-state index contributed by atoms with van der Waals surface area (Å²) in [6, 6.07) is 1.71. The van der Waals surface area contributed by atoms with Crippen molar-refractivity contribution < 1.29 is 8.42 Å². The Balaban J connectivity index is 0.00000200. The van der Waals surface area contributed by atoms with E-state index in [1.54, 1.807) is 6.07 Å². The van der Waals surface area contributed by atoms with Crippen molar-refractivity contribution in [3.05, 3.63) is 15.4 Å². The highest BCUT2D eigenvalue weighted by Crippen LogP contribution is 2.30. The molecule has 1 unspecified atom stereocenters.